The van der Waals surface area contributed by atoms with Crippen molar-refractivity contribution in [2.75, 3.05) is 0 Å². The van der Waals surface area contributed by atoms with Crippen molar-refractivity contribution in [3.05, 3.63) is 95.8 Å². The van der Waals surface area contributed by atoms with E-state index in [-0.39, 0.29) is 6.04 Å². The molecule has 0 bridgehead atoms. The summed E-state index contributed by atoms with van der Waals surface area (Å²) in [7, 11) is 0. The Morgan fingerprint density at radius 2 is 1.73 bits per heavy atom. The summed E-state index contributed by atoms with van der Waals surface area (Å²) in [4.78, 5) is 4.69. The Hall–Kier alpha value is -3.66. The second-order valence-corrected chi connectivity index (χ2v) is 8.61. The Labute approximate surface area is 194 Å². The van der Waals surface area contributed by atoms with Crippen LogP contribution in [0.4, 0.5) is 0 Å². The maximum atomic E-state index is 5.46. The van der Waals surface area contributed by atoms with Gasteiger partial charge >= 0.3 is 0 Å². The Balaban J connectivity index is 1.75. The molecule has 0 saturated carbocycles. The molecule has 3 heterocycles. The predicted molar refractivity (Wildman–Crippen MR) is 134 cm³/mol. The molecule has 0 saturated heterocycles. The zero-order valence-corrected chi connectivity index (χ0v) is 19.7. The van der Waals surface area contributed by atoms with Crippen LogP contribution in [0.25, 0.3) is 33.2 Å². The summed E-state index contributed by atoms with van der Waals surface area (Å²) in [5, 5.41) is 5.41. The van der Waals surface area contributed by atoms with Crippen molar-refractivity contribution in [2.45, 2.75) is 46.6 Å². The maximum absolute atomic E-state index is 5.46. The van der Waals surface area contributed by atoms with Gasteiger partial charge in [-0.1, -0.05) is 61.5 Å². The largest absolute Gasteiger partial charge is 0.361 e. The van der Waals surface area contributed by atoms with Crippen LogP contribution in [-0.4, -0.2) is 14.7 Å². The third-order valence-electron chi connectivity index (χ3n) is 6.58. The normalized spacial score (nSPS) is 12.4. The van der Waals surface area contributed by atoms with E-state index < -0.39 is 0 Å². The molecule has 0 aliphatic heterocycles. The van der Waals surface area contributed by atoms with Crippen LogP contribution in [0.3, 0.4) is 0 Å². The molecule has 1 atom stereocenters. The molecule has 166 valence electrons. The molecular weight excluding hydrogens is 406 g/mol. The number of pyridine rings is 1. The molecule has 0 fully saturated rings. The first-order chi connectivity index (χ1) is 16.1. The summed E-state index contributed by atoms with van der Waals surface area (Å²) in [6.07, 6.45) is 6.17. The topological polar surface area (TPSA) is 43.9 Å². The molecule has 0 aliphatic carbocycles. The van der Waals surface area contributed by atoms with Crippen molar-refractivity contribution in [2.24, 2.45) is 0 Å². The smallest absolute Gasteiger partial charge is 0.141 e. The van der Waals surface area contributed by atoms with E-state index in [1.165, 1.54) is 27.6 Å². The maximum Gasteiger partial charge on any atom is 0.141 e. The average Bonchev–Trinajstić information content (AvgIpc) is 3.39. The van der Waals surface area contributed by atoms with Crippen molar-refractivity contribution in [3.8, 4) is 22.3 Å². The van der Waals surface area contributed by atoms with Gasteiger partial charge in [0.25, 0.3) is 0 Å². The summed E-state index contributed by atoms with van der Waals surface area (Å²) in [6, 6.07) is 21.9. The van der Waals surface area contributed by atoms with E-state index in [1.54, 1.807) is 0 Å². The van der Waals surface area contributed by atoms with Gasteiger partial charge in [0.1, 0.15) is 5.76 Å². The summed E-state index contributed by atoms with van der Waals surface area (Å²) >= 11 is 0. The van der Waals surface area contributed by atoms with Crippen LogP contribution in [-0.2, 0) is 6.42 Å². The average molecular weight is 436 g/mol. The minimum Gasteiger partial charge on any atom is -0.361 e. The monoisotopic (exact) mass is 435 g/mol. The molecule has 0 radical (unpaired) electrons. The minimum absolute atomic E-state index is 0.150. The lowest BCUT2D eigenvalue weighted by molar-refractivity contribution is 0.393. The minimum atomic E-state index is 0.150. The standard InChI is InChI=1S/C29H29N3O/c1-5-21-10-12-22(13-11-21)25-18-32(27(6-2)26-9-7-8-16-30-26)28-17-23(14-15-24(25)28)29-19(3)31-33-20(29)4/h7-18,27H,5-6H2,1-4H3/t27-/m1/s1. The number of benzene rings is 2. The quantitative estimate of drug-likeness (QED) is 0.277. The number of hydrogen-bond acceptors (Lipinski definition) is 3. The van der Waals surface area contributed by atoms with Crippen LogP contribution in [0, 0.1) is 13.8 Å². The van der Waals surface area contributed by atoms with E-state index in [0.717, 1.165) is 41.1 Å². The molecule has 0 spiro atoms. The zero-order chi connectivity index (χ0) is 22.9. The van der Waals surface area contributed by atoms with Gasteiger partial charge < -0.3 is 9.09 Å². The number of nitrogens with zero attached hydrogens (tertiary/aromatic N) is 3. The fraction of sp³-hybridized carbons (Fsp3) is 0.241. The lowest BCUT2D eigenvalue weighted by Gasteiger charge is -2.18. The highest BCUT2D eigenvalue weighted by Crippen LogP contribution is 2.38. The highest BCUT2D eigenvalue weighted by Gasteiger charge is 2.20. The van der Waals surface area contributed by atoms with Gasteiger partial charge in [-0.3, -0.25) is 4.98 Å². The van der Waals surface area contributed by atoms with Gasteiger partial charge in [0, 0.05) is 34.4 Å². The van der Waals surface area contributed by atoms with Gasteiger partial charge in [0.15, 0.2) is 0 Å². The number of hydrogen-bond donors (Lipinski definition) is 0. The molecular formula is C29H29N3O. The van der Waals surface area contributed by atoms with E-state index in [4.69, 9.17) is 9.51 Å². The molecule has 0 unspecified atom stereocenters. The molecule has 4 nitrogen and oxygen atoms in total. The van der Waals surface area contributed by atoms with E-state index in [2.05, 4.69) is 84.4 Å². The Morgan fingerprint density at radius 1 is 0.939 bits per heavy atom. The Morgan fingerprint density at radius 3 is 2.36 bits per heavy atom. The molecule has 0 N–H and O–H groups in total. The van der Waals surface area contributed by atoms with Crippen LogP contribution in [0.1, 0.15) is 49.0 Å². The third kappa shape index (κ3) is 3.76. The summed E-state index contributed by atoms with van der Waals surface area (Å²) in [5.74, 6) is 0.845. The lowest BCUT2D eigenvalue weighted by Crippen LogP contribution is -2.10. The van der Waals surface area contributed by atoms with Crippen molar-refractivity contribution in [1.82, 2.24) is 14.7 Å². The highest BCUT2D eigenvalue weighted by atomic mass is 16.5. The second-order valence-electron chi connectivity index (χ2n) is 8.61. The zero-order valence-electron chi connectivity index (χ0n) is 19.7. The van der Waals surface area contributed by atoms with Crippen LogP contribution >= 0.6 is 0 Å². The van der Waals surface area contributed by atoms with Crippen LogP contribution in [0.2, 0.25) is 0 Å². The number of aromatic nitrogens is 3. The Kier molecular flexibility index (Phi) is 5.59. The SMILES string of the molecule is CCc1ccc(-c2cn([C@H](CC)c3ccccn3)c3cc(-c4c(C)noc4C)ccc23)cc1. The number of fused-ring (bicyclic) bond motifs is 1. The summed E-state index contributed by atoms with van der Waals surface area (Å²) in [5.41, 5.74) is 9.21. The highest BCUT2D eigenvalue weighted by molar-refractivity contribution is 5.98. The molecule has 33 heavy (non-hydrogen) atoms. The van der Waals surface area contributed by atoms with Gasteiger partial charge in [-0.25, -0.2) is 0 Å². The van der Waals surface area contributed by atoms with Gasteiger partial charge in [0.2, 0.25) is 0 Å². The van der Waals surface area contributed by atoms with E-state index in [0.29, 0.717) is 0 Å². The summed E-state index contributed by atoms with van der Waals surface area (Å²) in [6.45, 7) is 8.38. The van der Waals surface area contributed by atoms with E-state index in [9.17, 15) is 0 Å². The first-order valence-corrected chi connectivity index (χ1v) is 11.7. The fourth-order valence-corrected chi connectivity index (χ4v) is 4.83. The predicted octanol–water partition coefficient (Wildman–Crippen LogP) is 7.54. The van der Waals surface area contributed by atoms with Gasteiger partial charge in [-0.2, -0.15) is 0 Å². The van der Waals surface area contributed by atoms with Crippen LogP contribution in [0.5, 0.6) is 0 Å². The molecule has 0 amide bonds. The first kappa shape index (κ1) is 21.2. The second kappa shape index (κ2) is 8.70. The molecule has 0 aliphatic rings. The van der Waals surface area contributed by atoms with Crippen LogP contribution < -0.4 is 0 Å². The first-order valence-electron chi connectivity index (χ1n) is 11.7. The van der Waals surface area contributed by atoms with Crippen molar-refractivity contribution >= 4 is 10.9 Å². The van der Waals surface area contributed by atoms with Gasteiger partial charge in [-0.05, 0) is 61.6 Å². The van der Waals surface area contributed by atoms with Gasteiger partial charge in [0.05, 0.1) is 17.4 Å². The van der Waals surface area contributed by atoms with Crippen molar-refractivity contribution < 1.29 is 4.52 Å². The fourth-order valence-electron chi connectivity index (χ4n) is 4.83. The van der Waals surface area contributed by atoms with Gasteiger partial charge in [-0.15, -0.1) is 0 Å². The lowest BCUT2D eigenvalue weighted by atomic mass is 9.99. The Bertz CT molecular complexity index is 1380. The molecule has 5 aromatic rings. The van der Waals surface area contributed by atoms with E-state index in [1.807, 2.05) is 26.1 Å². The molecule has 2 aromatic carbocycles. The molecule has 5 rings (SSSR count). The number of aryl methyl sites for hydroxylation is 3. The van der Waals surface area contributed by atoms with E-state index >= 15 is 0 Å². The third-order valence-corrected chi connectivity index (χ3v) is 6.58. The molecule has 4 heteroatoms. The number of rotatable bonds is 6. The molecule has 3 aromatic heterocycles. The van der Waals surface area contributed by atoms with Crippen molar-refractivity contribution in [1.29, 1.82) is 0 Å². The van der Waals surface area contributed by atoms with Crippen molar-refractivity contribution in [3.63, 3.8) is 0 Å². The summed E-state index contributed by atoms with van der Waals surface area (Å²) < 4.78 is 7.85. The van der Waals surface area contributed by atoms with Crippen LogP contribution in [0.15, 0.2) is 77.6 Å².